The molecule has 21 heavy (non-hydrogen) atoms. The summed E-state index contributed by atoms with van der Waals surface area (Å²) >= 11 is 3.04. The van der Waals surface area contributed by atoms with Crippen molar-refractivity contribution < 1.29 is 9.59 Å². The highest BCUT2D eigenvalue weighted by molar-refractivity contribution is 7.99. The Hall–Kier alpha value is -1.79. The monoisotopic (exact) mass is 320 g/mol. The maximum Gasteiger partial charge on any atom is 0.261 e. The van der Waals surface area contributed by atoms with Gasteiger partial charge in [0.15, 0.2) is 0 Å². The van der Waals surface area contributed by atoms with Crippen LogP contribution in [-0.2, 0) is 4.79 Å². The summed E-state index contributed by atoms with van der Waals surface area (Å²) < 4.78 is 0. The first-order valence-corrected chi connectivity index (χ1v) is 8.38. The minimum atomic E-state index is -0.209. The van der Waals surface area contributed by atoms with Crippen LogP contribution in [0.2, 0.25) is 0 Å². The van der Waals surface area contributed by atoms with Crippen LogP contribution in [0.5, 0.6) is 0 Å². The molecule has 2 amide bonds. The lowest BCUT2D eigenvalue weighted by molar-refractivity contribution is -0.120. The SMILES string of the molecule is O=C(CNC(=O)c1cccs1)NCCSc1ccccc1. The van der Waals surface area contributed by atoms with E-state index in [1.165, 1.54) is 16.2 Å². The minimum Gasteiger partial charge on any atom is -0.354 e. The minimum absolute atomic E-state index is 0.00668. The van der Waals surface area contributed by atoms with E-state index in [2.05, 4.69) is 10.6 Å². The lowest BCUT2D eigenvalue weighted by atomic mass is 10.4. The molecule has 2 N–H and O–H groups in total. The number of hydrogen-bond acceptors (Lipinski definition) is 4. The number of hydrogen-bond donors (Lipinski definition) is 2. The maximum atomic E-state index is 11.6. The van der Waals surface area contributed by atoms with Crippen molar-refractivity contribution in [2.45, 2.75) is 4.90 Å². The molecule has 110 valence electrons. The van der Waals surface area contributed by atoms with Crippen molar-refractivity contribution >= 4 is 34.9 Å². The molecule has 0 bridgehead atoms. The van der Waals surface area contributed by atoms with Gasteiger partial charge in [0, 0.05) is 17.2 Å². The summed E-state index contributed by atoms with van der Waals surface area (Å²) in [6.45, 7) is 0.583. The molecule has 0 saturated heterocycles. The third-order valence-electron chi connectivity index (χ3n) is 2.59. The van der Waals surface area contributed by atoms with Crippen molar-refractivity contribution in [1.82, 2.24) is 10.6 Å². The van der Waals surface area contributed by atoms with Gasteiger partial charge in [-0.15, -0.1) is 23.1 Å². The van der Waals surface area contributed by atoms with Crippen molar-refractivity contribution in [2.24, 2.45) is 0 Å². The molecule has 0 aliphatic carbocycles. The highest BCUT2D eigenvalue weighted by atomic mass is 32.2. The molecule has 1 aromatic carbocycles. The molecule has 1 aromatic heterocycles. The van der Waals surface area contributed by atoms with Crippen LogP contribution in [0.3, 0.4) is 0 Å². The van der Waals surface area contributed by atoms with Crippen LogP contribution >= 0.6 is 23.1 Å². The van der Waals surface area contributed by atoms with E-state index in [1.807, 2.05) is 35.7 Å². The molecule has 0 saturated carbocycles. The van der Waals surface area contributed by atoms with Gasteiger partial charge >= 0.3 is 0 Å². The Kier molecular flexibility index (Phi) is 6.30. The van der Waals surface area contributed by atoms with Gasteiger partial charge in [-0.3, -0.25) is 9.59 Å². The molecule has 0 aliphatic rings. The average molecular weight is 320 g/mol. The Balaban J connectivity index is 1.59. The number of rotatable bonds is 7. The van der Waals surface area contributed by atoms with Crippen LogP contribution in [0, 0.1) is 0 Å². The van der Waals surface area contributed by atoms with Crippen LogP contribution in [0.25, 0.3) is 0 Å². The molecule has 4 nitrogen and oxygen atoms in total. The van der Waals surface area contributed by atoms with E-state index < -0.39 is 0 Å². The van der Waals surface area contributed by atoms with Gasteiger partial charge in [-0.05, 0) is 23.6 Å². The molecular formula is C15H16N2O2S2. The number of thiophene rings is 1. The first-order valence-electron chi connectivity index (χ1n) is 6.52. The highest BCUT2D eigenvalue weighted by Crippen LogP contribution is 2.15. The van der Waals surface area contributed by atoms with E-state index in [4.69, 9.17) is 0 Å². The van der Waals surface area contributed by atoms with Crippen LogP contribution in [0.4, 0.5) is 0 Å². The molecule has 0 atom stereocenters. The Morgan fingerprint density at radius 3 is 2.57 bits per heavy atom. The summed E-state index contributed by atoms with van der Waals surface area (Å²) in [5.41, 5.74) is 0. The molecule has 2 rings (SSSR count). The average Bonchev–Trinajstić information content (AvgIpc) is 3.05. The van der Waals surface area contributed by atoms with Gasteiger partial charge in [-0.2, -0.15) is 0 Å². The summed E-state index contributed by atoms with van der Waals surface area (Å²) in [5.74, 6) is 0.418. The maximum absolute atomic E-state index is 11.6. The largest absolute Gasteiger partial charge is 0.354 e. The molecule has 1 heterocycles. The molecule has 0 aliphatic heterocycles. The summed E-state index contributed by atoms with van der Waals surface area (Å²) in [4.78, 5) is 25.0. The van der Waals surface area contributed by atoms with Gasteiger partial charge in [0.25, 0.3) is 5.91 Å². The number of nitrogens with one attached hydrogen (secondary N) is 2. The summed E-state index contributed by atoms with van der Waals surface area (Å²) in [5, 5.41) is 7.21. The third-order valence-corrected chi connectivity index (χ3v) is 4.47. The van der Waals surface area contributed by atoms with E-state index in [1.54, 1.807) is 23.9 Å². The zero-order valence-electron chi connectivity index (χ0n) is 11.4. The molecule has 0 spiro atoms. The molecule has 6 heteroatoms. The van der Waals surface area contributed by atoms with Gasteiger partial charge in [0.05, 0.1) is 11.4 Å². The summed E-state index contributed by atoms with van der Waals surface area (Å²) in [7, 11) is 0. The molecule has 0 unspecified atom stereocenters. The van der Waals surface area contributed by atoms with Crippen molar-refractivity contribution in [3.8, 4) is 0 Å². The predicted octanol–water partition coefficient (Wildman–Crippen LogP) is 2.39. The van der Waals surface area contributed by atoms with Crippen LogP contribution in [0.1, 0.15) is 9.67 Å². The number of benzene rings is 1. The van der Waals surface area contributed by atoms with Gasteiger partial charge in [-0.1, -0.05) is 24.3 Å². The molecule has 2 aromatic rings. The third kappa shape index (κ3) is 5.61. The van der Waals surface area contributed by atoms with Crippen molar-refractivity contribution in [3.05, 3.63) is 52.7 Å². The van der Waals surface area contributed by atoms with Gasteiger partial charge in [0.2, 0.25) is 5.91 Å². The normalized spacial score (nSPS) is 10.1. The summed E-state index contributed by atoms with van der Waals surface area (Å²) in [6.07, 6.45) is 0. The Labute approximate surface area is 131 Å². The van der Waals surface area contributed by atoms with Crippen LogP contribution in [-0.4, -0.2) is 30.7 Å². The number of thioether (sulfide) groups is 1. The van der Waals surface area contributed by atoms with E-state index in [0.717, 1.165) is 5.75 Å². The quantitative estimate of drug-likeness (QED) is 0.608. The second kappa shape index (κ2) is 8.49. The van der Waals surface area contributed by atoms with Crippen molar-refractivity contribution in [2.75, 3.05) is 18.8 Å². The highest BCUT2D eigenvalue weighted by Gasteiger charge is 2.08. The van der Waals surface area contributed by atoms with E-state index >= 15 is 0 Å². The van der Waals surface area contributed by atoms with E-state index in [-0.39, 0.29) is 18.4 Å². The second-order valence-corrected chi connectivity index (χ2v) is 6.29. The smallest absolute Gasteiger partial charge is 0.261 e. The van der Waals surface area contributed by atoms with E-state index in [0.29, 0.717) is 11.4 Å². The topological polar surface area (TPSA) is 58.2 Å². The summed E-state index contributed by atoms with van der Waals surface area (Å²) in [6, 6.07) is 13.6. The first kappa shape index (κ1) is 15.6. The molecule has 0 fully saturated rings. The Bertz CT molecular complexity index is 571. The van der Waals surface area contributed by atoms with Crippen molar-refractivity contribution in [1.29, 1.82) is 0 Å². The number of carbonyl (C=O) groups is 2. The fourth-order valence-electron chi connectivity index (χ4n) is 1.59. The molecule has 0 radical (unpaired) electrons. The van der Waals surface area contributed by atoms with Gasteiger partial charge < -0.3 is 10.6 Å². The predicted molar refractivity (Wildman–Crippen MR) is 86.8 cm³/mol. The Morgan fingerprint density at radius 1 is 1.05 bits per heavy atom. The molecular weight excluding hydrogens is 304 g/mol. The number of amides is 2. The first-order chi connectivity index (χ1) is 10.3. The van der Waals surface area contributed by atoms with Gasteiger partial charge in [0.1, 0.15) is 0 Å². The van der Waals surface area contributed by atoms with E-state index in [9.17, 15) is 9.59 Å². The van der Waals surface area contributed by atoms with Crippen molar-refractivity contribution in [3.63, 3.8) is 0 Å². The standard InChI is InChI=1S/C15H16N2O2S2/c18-14(11-17-15(19)13-7-4-9-21-13)16-8-10-20-12-5-2-1-3-6-12/h1-7,9H,8,10-11H2,(H,16,18)(H,17,19). The van der Waals surface area contributed by atoms with Gasteiger partial charge in [-0.25, -0.2) is 0 Å². The fourth-order valence-corrected chi connectivity index (χ4v) is 3.02. The van der Waals surface area contributed by atoms with Crippen LogP contribution in [0.15, 0.2) is 52.7 Å². The zero-order chi connectivity index (χ0) is 14.9. The lowest BCUT2D eigenvalue weighted by Crippen LogP contribution is -2.37. The number of carbonyl (C=O) groups excluding carboxylic acids is 2. The zero-order valence-corrected chi connectivity index (χ0v) is 13.0. The second-order valence-electron chi connectivity index (χ2n) is 4.17. The lowest BCUT2D eigenvalue weighted by Gasteiger charge is -2.06. The fraction of sp³-hybridized carbons (Fsp3) is 0.200. The Morgan fingerprint density at radius 2 is 1.86 bits per heavy atom. The van der Waals surface area contributed by atoms with Crippen LogP contribution < -0.4 is 10.6 Å².